The molecule has 9 unspecified atom stereocenters. The Morgan fingerprint density at radius 3 is 1.27 bits per heavy atom. The summed E-state index contributed by atoms with van der Waals surface area (Å²) in [7, 11) is 0. The summed E-state index contributed by atoms with van der Waals surface area (Å²) < 4.78 is 0. The van der Waals surface area contributed by atoms with Crippen LogP contribution in [0.15, 0.2) is 0 Å². The van der Waals surface area contributed by atoms with Crippen LogP contribution in [0.1, 0.15) is 206 Å². The quantitative estimate of drug-likeness (QED) is 0.133. The zero-order valence-corrected chi connectivity index (χ0v) is 40.6. The molecule has 2 saturated carbocycles. The van der Waals surface area contributed by atoms with E-state index >= 15 is 0 Å². The molecule has 0 spiro atoms. The fourth-order valence-corrected chi connectivity index (χ4v) is 13.7. The Morgan fingerprint density at radius 1 is 0.549 bits per heavy atom. The number of rotatable bonds is 18. The SMILES string of the molecule is CC(C1CC1C(CC(C)(C(C)C)C(C)C)(C(C)C)C(C)C)C1C(CC(C)(C(C)(C)C(C)C)C(C)(C(C)C(C)(C)C)C(C)(C)C(C)C)C1(C)C(C)C. The molecule has 0 bridgehead atoms. The highest BCUT2D eigenvalue weighted by molar-refractivity contribution is 5.20. The third-order valence-electron chi connectivity index (χ3n) is 20.9. The van der Waals surface area contributed by atoms with E-state index in [0.29, 0.717) is 63.6 Å². The summed E-state index contributed by atoms with van der Waals surface area (Å²) in [4.78, 5) is 0. The standard InChI is InChI=1S/C51H100/c1-31(2)45(20,21)48(25,50(27,39(16)44(17,18)19)46(22,23)32(3)4)29-42-43(49(42,26)35(9)10)38(15)40-28-41(40)51(36(11)12,37(13)14)30-47(24,33(5)6)34(7)8/h31-43H,28-30H2,1-27H3. The van der Waals surface area contributed by atoms with Crippen molar-refractivity contribution in [2.45, 2.75) is 206 Å². The van der Waals surface area contributed by atoms with Gasteiger partial charge in [0.25, 0.3) is 0 Å². The molecule has 0 nitrogen and oxygen atoms in total. The molecule has 0 radical (unpaired) electrons. The Kier molecular flexibility index (Phi) is 13.7. The summed E-state index contributed by atoms with van der Waals surface area (Å²) >= 11 is 0. The van der Waals surface area contributed by atoms with Gasteiger partial charge in [0.1, 0.15) is 0 Å². The van der Waals surface area contributed by atoms with Crippen LogP contribution in [-0.2, 0) is 0 Å². The van der Waals surface area contributed by atoms with Crippen LogP contribution in [0.4, 0.5) is 0 Å². The van der Waals surface area contributed by atoms with Crippen molar-refractivity contribution in [2.75, 3.05) is 0 Å². The summed E-state index contributed by atoms with van der Waals surface area (Å²) in [5.74, 6) is 9.38. The predicted molar refractivity (Wildman–Crippen MR) is 232 cm³/mol. The largest absolute Gasteiger partial charge is 0.0622 e. The molecule has 2 aliphatic carbocycles. The maximum absolute atomic E-state index is 2.81. The van der Waals surface area contributed by atoms with E-state index in [1.54, 1.807) is 0 Å². The molecule has 0 aromatic rings. The number of hydrogen-bond acceptors (Lipinski definition) is 0. The van der Waals surface area contributed by atoms with E-state index in [1.165, 1.54) is 19.3 Å². The minimum atomic E-state index is 0.138. The monoisotopic (exact) mass is 713 g/mol. The Balaban J connectivity index is 2.77. The molecule has 0 amide bonds. The number of hydrogen-bond donors (Lipinski definition) is 0. The van der Waals surface area contributed by atoms with Gasteiger partial charge in [-0.2, -0.15) is 0 Å². The van der Waals surface area contributed by atoms with Crippen LogP contribution >= 0.6 is 0 Å². The average molecular weight is 713 g/mol. The molecule has 304 valence electrons. The highest BCUT2D eigenvalue weighted by atomic mass is 14.8. The molecule has 0 aromatic carbocycles. The lowest BCUT2D eigenvalue weighted by Gasteiger charge is -2.68. The van der Waals surface area contributed by atoms with Crippen molar-refractivity contribution in [3.8, 4) is 0 Å². The van der Waals surface area contributed by atoms with Gasteiger partial charge in [0.2, 0.25) is 0 Å². The first kappa shape index (κ1) is 47.2. The van der Waals surface area contributed by atoms with Gasteiger partial charge in [0, 0.05) is 0 Å². The molecule has 0 saturated heterocycles. The van der Waals surface area contributed by atoms with Crippen molar-refractivity contribution in [3.05, 3.63) is 0 Å². The molecular weight excluding hydrogens is 613 g/mol. The molecule has 0 heteroatoms. The fourth-order valence-electron chi connectivity index (χ4n) is 13.7. The van der Waals surface area contributed by atoms with Gasteiger partial charge < -0.3 is 0 Å². The second-order valence-electron chi connectivity index (χ2n) is 25.0. The van der Waals surface area contributed by atoms with Crippen LogP contribution < -0.4 is 0 Å². The third-order valence-corrected chi connectivity index (χ3v) is 20.9. The molecule has 51 heavy (non-hydrogen) atoms. The maximum atomic E-state index is 2.81. The second kappa shape index (κ2) is 14.8. The molecule has 2 rings (SSSR count). The molecule has 2 aliphatic rings. The highest BCUT2D eigenvalue weighted by Crippen LogP contribution is 2.78. The zero-order chi connectivity index (χ0) is 40.6. The highest BCUT2D eigenvalue weighted by Gasteiger charge is 2.73. The molecule has 0 N–H and O–H groups in total. The summed E-state index contributed by atoms with van der Waals surface area (Å²) in [6.45, 7) is 70.2. The van der Waals surface area contributed by atoms with Gasteiger partial charge in [-0.25, -0.2) is 0 Å². The minimum Gasteiger partial charge on any atom is -0.0622 e. The van der Waals surface area contributed by atoms with E-state index < -0.39 is 0 Å². The first-order valence-corrected chi connectivity index (χ1v) is 22.6. The van der Waals surface area contributed by atoms with Crippen LogP contribution in [0.5, 0.6) is 0 Å². The smallest absolute Gasteiger partial charge is 0.0182 e. The topological polar surface area (TPSA) is 0 Å². The van der Waals surface area contributed by atoms with E-state index in [2.05, 4.69) is 187 Å². The molecule has 0 aromatic heterocycles. The van der Waals surface area contributed by atoms with Crippen LogP contribution in [0.3, 0.4) is 0 Å². The van der Waals surface area contributed by atoms with Crippen molar-refractivity contribution < 1.29 is 0 Å². The van der Waals surface area contributed by atoms with E-state index in [1.807, 2.05) is 0 Å². The minimum absolute atomic E-state index is 0.138. The molecule has 9 atom stereocenters. The van der Waals surface area contributed by atoms with Gasteiger partial charge in [-0.05, 0) is 140 Å². The van der Waals surface area contributed by atoms with Gasteiger partial charge in [-0.15, -0.1) is 0 Å². The van der Waals surface area contributed by atoms with E-state index in [0.717, 1.165) is 29.6 Å². The Labute approximate surface area is 325 Å². The van der Waals surface area contributed by atoms with Gasteiger partial charge in [-0.3, -0.25) is 0 Å². The van der Waals surface area contributed by atoms with Crippen LogP contribution in [-0.4, -0.2) is 0 Å². The molecule has 2 fully saturated rings. The summed E-state index contributed by atoms with van der Waals surface area (Å²) in [5.41, 5.74) is 2.05. The van der Waals surface area contributed by atoms with Crippen LogP contribution in [0.2, 0.25) is 0 Å². The summed E-state index contributed by atoms with van der Waals surface area (Å²) in [6.07, 6.45) is 4.18. The first-order valence-electron chi connectivity index (χ1n) is 22.6. The van der Waals surface area contributed by atoms with Crippen molar-refractivity contribution >= 4 is 0 Å². The van der Waals surface area contributed by atoms with E-state index in [9.17, 15) is 0 Å². The van der Waals surface area contributed by atoms with Crippen molar-refractivity contribution in [1.82, 2.24) is 0 Å². The lowest BCUT2D eigenvalue weighted by atomic mass is 9.36. The summed E-state index contributed by atoms with van der Waals surface area (Å²) in [6, 6.07) is 0. The predicted octanol–water partition coefficient (Wildman–Crippen LogP) is 16.6. The maximum Gasteiger partial charge on any atom is -0.0182 e. The van der Waals surface area contributed by atoms with Crippen LogP contribution in [0, 0.1) is 120 Å². The molecular formula is C51H100. The van der Waals surface area contributed by atoms with Gasteiger partial charge >= 0.3 is 0 Å². The lowest BCUT2D eigenvalue weighted by Crippen LogP contribution is -2.62. The normalized spacial score (nSPS) is 29.1. The Hall–Kier alpha value is 0. The fraction of sp³-hybridized carbons (Fsp3) is 1.00. The zero-order valence-electron chi connectivity index (χ0n) is 40.6. The Bertz CT molecular complexity index is 1120. The van der Waals surface area contributed by atoms with Gasteiger partial charge in [0.05, 0.1) is 0 Å². The van der Waals surface area contributed by atoms with Crippen LogP contribution in [0.25, 0.3) is 0 Å². The summed E-state index contributed by atoms with van der Waals surface area (Å²) in [5, 5.41) is 0. The lowest BCUT2D eigenvalue weighted by molar-refractivity contribution is -0.204. The Morgan fingerprint density at radius 2 is 0.961 bits per heavy atom. The second-order valence-corrected chi connectivity index (χ2v) is 25.0. The average Bonchev–Trinajstić information content (AvgIpc) is 3.88. The van der Waals surface area contributed by atoms with E-state index in [-0.39, 0.29) is 27.1 Å². The molecule has 0 aliphatic heterocycles. The van der Waals surface area contributed by atoms with Crippen molar-refractivity contribution in [3.63, 3.8) is 0 Å². The van der Waals surface area contributed by atoms with Crippen molar-refractivity contribution in [2.24, 2.45) is 120 Å². The van der Waals surface area contributed by atoms with Gasteiger partial charge in [0.15, 0.2) is 0 Å². The van der Waals surface area contributed by atoms with Crippen molar-refractivity contribution in [1.29, 1.82) is 0 Å². The van der Waals surface area contributed by atoms with E-state index in [4.69, 9.17) is 0 Å². The first-order chi connectivity index (χ1) is 22.6. The van der Waals surface area contributed by atoms with Gasteiger partial charge in [-0.1, -0.05) is 187 Å². The molecule has 0 heterocycles. The third kappa shape index (κ3) is 7.26.